The van der Waals surface area contributed by atoms with E-state index in [9.17, 15) is 14.9 Å². The molecule has 0 saturated carbocycles. The van der Waals surface area contributed by atoms with Gasteiger partial charge in [0.15, 0.2) is 0 Å². The molecule has 0 aliphatic carbocycles. The van der Waals surface area contributed by atoms with Crippen LogP contribution in [0, 0.1) is 10.1 Å². The average molecular weight is 276 g/mol. The number of piperazine rings is 1. The number of nitro groups is 1. The molecule has 0 bridgehead atoms. The molecule has 0 atom stereocenters. The molecule has 0 N–H and O–H groups in total. The van der Waals surface area contributed by atoms with Crippen molar-refractivity contribution in [1.29, 1.82) is 0 Å². The van der Waals surface area contributed by atoms with Crippen LogP contribution in [0.15, 0.2) is 30.5 Å². The van der Waals surface area contributed by atoms with Crippen molar-refractivity contribution in [1.82, 2.24) is 9.88 Å². The summed E-state index contributed by atoms with van der Waals surface area (Å²) in [6.45, 7) is 3.96. The Morgan fingerprint density at radius 2 is 2.10 bits per heavy atom. The topological polar surface area (TPSA) is 79.6 Å². The first-order valence-electron chi connectivity index (χ1n) is 6.39. The van der Waals surface area contributed by atoms with Crippen LogP contribution in [0.1, 0.15) is 6.92 Å². The molecule has 0 aromatic carbocycles. The number of hydrogen-bond donors (Lipinski definition) is 0. The Morgan fingerprint density at radius 1 is 1.40 bits per heavy atom. The van der Waals surface area contributed by atoms with Gasteiger partial charge in [0.25, 0.3) is 0 Å². The first kappa shape index (κ1) is 14.0. The van der Waals surface area contributed by atoms with E-state index in [1.165, 1.54) is 12.1 Å². The predicted octanol–water partition coefficient (Wildman–Crippen LogP) is 1.21. The molecule has 0 unspecified atom stereocenters. The minimum absolute atomic E-state index is 0.000676. The van der Waals surface area contributed by atoms with E-state index in [0.29, 0.717) is 32.0 Å². The average Bonchev–Trinajstić information content (AvgIpc) is 2.47. The normalized spacial score (nSPS) is 15.7. The second-order valence-electron chi connectivity index (χ2n) is 4.42. The van der Waals surface area contributed by atoms with E-state index in [0.717, 1.165) is 0 Å². The molecule has 0 spiro atoms. The SMILES string of the molecule is C/C=C/C(=O)N1CCN(c2ncccc2[N+](=O)[O-])CC1. The summed E-state index contributed by atoms with van der Waals surface area (Å²) < 4.78 is 0. The van der Waals surface area contributed by atoms with Crippen molar-refractivity contribution in [2.24, 2.45) is 0 Å². The third kappa shape index (κ3) is 2.93. The van der Waals surface area contributed by atoms with E-state index < -0.39 is 4.92 Å². The largest absolute Gasteiger partial charge is 0.347 e. The molecular weight excluding hydrogens is 260 g/mol. The number of carbonyl (C=O) groups excluding carboxylic acids is 1. The van der Waals surface area contributed by atoms with Crippen LogP contribution in [0.4, 0.5) is 11.5 Å². The number of allylic oxidation sites excluding steroid dienone is 1. The highest BCUT2D eigenvalue weighted by atomic mass is 16.6. The van der Waals surface area contributed by atoms with Gasteiger partial charge in [-0.15, -0.1) is 0 Å². The standard InChI is InChI=1S/C13H16N4O3/c1-2-4-12(18)15-7-9-16(10-8-15)13-11(17(19)20)5-3-6-14-13/h2-6H,7-10H2,1H3/b4-2+. The van der Waals surface area contributed by atoms with Gasteiger partial charge in [0, 0.05) is 38.4 Å². The van der Waals surface area contributed by atoms with Crippen LogP contribution >= 0.6 is 0 Å². The van der Waals surface area contributed by atoms with Crippen molar-refractivity contribution in [3.63, 3.8) is 0 Å². The fourth-order valence-electron chi connectivity index (χ4n) is 2.16. The third-order valence-electron chi connectivity index (χ3n) is 3.16. The van der Waals surface area contributed by atoms with Crippen molar-refractivity contribution in [2.75, 3.05) is 31.1 Å². The highest BCUT2D eigenvalue weighted by Crippen LogP contribution is 2.25. The number of aromatic nitrogens is 1. The Labute approximate surface area is 116 Å². The summed E-state index contributed by atoms with van der Waals surface area (Å²) in [5.74, 6) is 0.346. The van der Waals surface area contributed by atoms with E-state index in [1.54, 1.807) is 30.2 Å². The predicted molar refractivity (Wildman–Crippen MR) is 74.5 cm³/mol. The van der Waals surface area contributed by atoms with E-state index in [2.05, 4.69) is 4.98 Å². The van der Waals surface area contributed by atoms with Crippen molar-refractivity contribution in [3.8, 4) is 0 Å². The van der Waals surface area contributed by atoms with Gasteiger partial charge in [0.1, 0.15) is 0 Å². The number of pyridine rings is 1. The number of hydrogen-bond acceptors (Lipinski definition) is 5. The fraction of sp³-hybridized carbons (Fsp3) is 0.385. The number of anilines is 1. The Bertz CT molecular complexity index is 536. The Hall–Kier alpha value is -2.44. The molecular formula is C13H16N4O3. The van der Waals surface area contributed by atoms with Crippen LogP contribution in [0.5, 0.6) is 0 Å². The molecule has 20 heavy (non-hydrogen) atoms. The van der Waals surface area contributed by atoms with E-state index in [1.807, 2.05) is 4.90 Å². The monoisotopic (exact) mass is 276 g/mol. The van der Waals surface area contributed by atoms with Gasteiger partial charge in [0.2, 0.25) is 11.7 Å². The van der Waals surface area contributed by atoms with Crippen molar-refractivity contribution < 1.29 is 9.72 Å². The van der Waals surface area contributed by atoms with Crippen LogP contribution in [0.25, 0.3) is 0 Å². The maximum Gasteiger partial charge on any atom is 0.311 e. The van der Waals surface area contributed by atoms with E-state index >= 15 is 0 Å². The van der Waals surface area contributed by atoms with Crippen molar-refractivity contribution >= 4 is 17.4 Å². The molecule has 106 valence electrons. The van der Waals surface area contributed by atoms with Gasteiger partial charge in [-0.1, -0.05) is 6.08 Å². The third-order valence-corrected chi connectivity index (χ3v) is 3.16. The molecule has 1 aliphatic heterocycles. The van der Waals surface area contributed by atoms with E-state index in [-0.39, 0.29) is 11.6 Å². The van der Waals surface area contributed by atoms with Gasteiger partial charge in [-0.05, 0) is 19.1 Å². The van der Waals surface area contributed by atoms with Crippen molar-refractivity contribution in [3.05, 3.63) is 40.6 Å². The zero-order chi connectivity index (χ0) is 14.5. The van der Waals surface area contributed by atoms with E-state index in [4.69, 9.17) is 0 Å². The van der Waals surface area contributed by atoms with Gasteiger partial charge in [0.05, 0.1) is 4.92 Å². The Morgan fingerprint density at radius 3 is 2.70 bits per heavy atom. The zero-order valence-corrected chi connectivity index (χ0v) is 11.2. The highest BCUT2D eigenvalue weighted by Gasteiger charge is 2.25. The van der Waals surface area contributed by atoms with Gasteiger partial charge >= 0.3 is 5.69 Å². The quantitative estimate of drug-likeness (QED) is 0.471. The summed E-state index contributed by atoms with van der Waals surface area (Å²) in [5.41, 5.74) is 0.000676. The molecule has 0 radical (unpaired) electrons. The summed E-state index contributed by atoms with van der Waals surface area (Å²) in [6, 6.07) is 2.99. The van der Waals surface area contributed by atoms with Gasteiger partial charge in [-0.3, -0.25) is 14.9 Å². The molecule has 1 aromatic heterocycles. The lowest BCUT2D eigenvalue weighted by Crippen LogP contribution is -2.48. The number of rotatable bonds is 3. The second-order valence-corrected chi connectivity index (χ2v) is 4.42. The zero-order valence-electron chi connectivity index (χ0n) is 11.2. The minimum Gasteiger partial charge on any atom is -0.347 e. The van der Waals surface area contributed by atoms with Crippen LogP contribution in [-0.2, 0) is 4.79 Å². The second kappa shape index (κ2) is 6.14. The molecule has 1 aliphatic rings. The fourth-order valence-corrected chi connectivity index (χ4v) is 2.16. The number of carbonyl (C=O) groups is 1. The first-order valence-corrected chi connectivity index (χ1v) is 6.39. The molecule has 1 fully saturated rings. The number of amides is 1. The Kier molecular flexibility index (Phi) is 4.29. The minimum atomic E-state index is -0.431. The van der Waals surface area contributed by atoms with Crippen LogP contribution < -0.4 is 4.90 Å². The number of nitrogens with zero attached hydrogens (tertiary/aromatic N) is 4. The molecule has 7 heteroatoms. The summed E-state index contributed by atoms with van der Waals surface area (Å²) in [6.07, 6.45) is 4.77. The summed E-state index contributed by atoms with van der Waals surface area (Å²) >= 11 is 0. The maximum atomic E-state index is 11.7. The molecule has 1 amide bonds. The highest BCUT2D eigenvalue weighted by molar-refractivity contribution is 5.87. The molecule has 1 saturated heterocycles. The lowest BCUT2D eigenvalue weighted by atomic mass is 10.2. The van der Waals surface area contributed by atoms with Crippen LogP contribution in [0.3, 0.4) is 0 Å². The first-order chi connectivity index (χ1) is 9.63. The van der Waals surface area contributed by atoms with Gasteiger partial charge in [-0.2, -0.15) is 0 Å². The van der Waals surface area contributed by atoms with Crippen LogP contribution in [-0.4, -0.2) is 46.9 Å². The molecule has 7 nitrogen and oxygen atoms in total. The lowest BCUT2D eigenvalue weighted by molar-refractivity contribution is -0.384. The smallest absolute Gasteiger partial charge is 0.311 e. The molecule has 2 heterocycles. The molecule has 1 aromatic rings. The summed E-state index contributed by atoms with van der Waals surface area (Å²) in [4.78, 5) is 29.9. The molecule has 2 rings (SSSR count). The summed E-state index contributed by atoms with van der Waals surface area (Å²) in [5, 5.41) is 11.0. The summed E-state index contributed by atoms with van der Waals surface area (Å²) in [7, 11) is 0. The van der Waals surface area contributed by atoms with Crippen molar-refractivity contribution in [2.45, 2.75) is 6.92 Å². The lowest BCUT2D eigenvalue weighted by Gasteiger charge is -2.34. The van der Waals surface area contributed by atoms with Gasteiger partial charge in [-0.25, -0.2) is 4.98 Å². The van der Waals surface area contributed by atoms with Crippen LogP contribution in [0.2, 0.25) is 0 Å². The maximum absolute atomic E-state index is 11.7. The van der Waals surface area contributed by atoms with Gasteiger partial charge < -0.3 is 9.80 Å². The Balaban J connectivity index is 2.08.